The minimum Gasteiger partial charge on any atom is -0.323 e. The molecule has 0 aromatic rings. The number of hydrogen-bond acceptors (Lipinski definition) is 3. The van der Waals surface area contributed by atoms with E-state index in [1.807, 2.05) is 25.7 Å². The van der Waals surface area contributed by atoms with Crippen molar-refractivity contribution in [3.05, 3.63) is 0 Å². The molecular weight excluding hydrogens is 212 g/mol. The molecule has 0 aromatic carbocycles. The second-order valence-electron chi connectivity index (χ2n) is 4.22. The Balaban J connectivity index is 2.55. The van der Waals surface area contributed by atoms with Crippen LogP contribution in [-0.2, 0) is 15.6 Å². The number of hydrogen-bond donors (Lipinski definition) is 1. The molecule has 5 heteroatoms. The summed E-state index contributed by atoms with van der Waals surface area (Å²) in [5, 5.41) is 3.19. The van der Waals surface area contributed by atoms with Gasteiger partial charge in [0.15, 0.2) is 0 Å². The lowest BCUT2D eigenvalue weighted by molar-refractivity contribution is -0.131. The van der Waals surface area contributed by atoms with Crippen molar-refractivity contribution in [2.75, 3.05) is 12.0 Å². The minimum atomic E-state index is -0.776. The molecule has 0 radical (unpaired) electrons. The lowest BCUT2D eigenvalue weighted by atomic mass is 10.2. The first-order chi connectivity index (χ1) is 6.93. The van der Waals surface area contributed by atoms with Gasteiger partial charge in [-0.25, -0.2) is 0 Å². The smallest absolute Gasteiger partial charge is 0.240 e. The highest BCUT2D eigenvalue weighted by atomic mass is 32.2. The molecule has 1 heterocycles. The number of amides is 1. The highest BCUT2D eigenvalue weighted by Crippen LogP contribution is 2.16. The fraction of sp³-hybridized carbons (Fsp3) is 0.900. The molecule has 1 saturated heterocycles. The summed E-state index contributed by atoms with van der Waals surface area (Å²) < 4.78 is 11.0. The Morgan fingerprint density at radius 3 is 2.53 bits per heavy atom. The molecule has 1 aliphatic heterocycles. The molecule has 1 N–H and O–H groups in total. The Morgan fingerprint density at radius 2 is 2.13 bits per heavy atom. The van der Waals surface area contributed by atoms with Gasteiger partial charge >= 0.3 is 0 Å². The normalized spacial score (nSPS) is 30.7. The van der Waals surface area contributed by atoms with Gasteiger partial charge in [0, 0.05) is 28.9 Å². The first-order valence-electron chi connectivity index (χ1n) is 5.31. The van der Waals surface area contributed by atoms with Gasteiger partial charge in [-0.2, -0.15) is 0 Å². The van der Waals surface area contributed by atoms with Gasteiger partial charge in [-0.3, -0.25) is 14.3 Å². The zero-order chi connectivity index (χ0) is 11.6. The number of nitrogens with zero attached hydrogens (tertiary/aromatic N) is 1. The molecule has 4 nitrogen and oxygen atoms in total. The van der Waals surface area contributed by atoms with Gasteiger partial charge in [0.2, 0.25) is 5.91 Å². The van der Waals surface area contributed by atoms with Crippen molar-refractivity contribution in [3.8, 4) is 0 Å². The monoisotopic (exact) mass is 232 g/mol. The number of rotatable bonds is 4. The molecule has 0 bridgehead atoms. The number of carbonyl (C=O) groups excluding carboxylic acids is 1. The van der Waals surface area contributed by atoms with Crippen molar-refractivity contribution < 1.29 is 9.00 Å². The fourth-order valence-electron chi connectivity index (χ4n) is 2.00. The zero-order valence-corrected chi connectivity index (χ0v) is 10.6. The second-order valence-corrected chi connectivity index (χ2v) is 5.78. The minimum absolute atomic E-state index is 0.0884. The summed E-state index contributed by atoms with van der Waals surface area (Å²) in [6, 6.07) is 0.0726. The predicted octanol–water partition coefficient (Wildman–Crippen LogP) is 0.310. The Bertz CT molecular complexity index is 270. The standard InChI is InChI=1S/C10H20N2O2S/c1-7(5-6-15(4)14)12-9(3)11-8(2)10(12)13/h7-9,11H,5-6H2,1-4H3. The van der Waals surface area contributed by atoms with E-state index in [1.54, 1.807) is 6.26 Å². The summed E-state index contributed by atoms with van der Waals surface area (Å²) in [5.74, 6) is 0.809. The van der Waals surface area contributed by atoms with E-state index in [0.29, 0.717) is 5.75 Å². The Kier molecular flexibility index (Phi) is 4.28. The van der Waals surface area contributed by atoms with Crippen molar-refractivity contribution in [2.45, 2.75) is 45.4 Å². The van der Waals surface area contributed by atoms with E-state index in [1.165, 1.54) is 0 Å². The van der Waals surface area contributed by atoms with Gasteiger partial charge in [0.25, 0.3) is 0 Å². The summed E-state index contributed by atoms with van der Waals surface area (Å²) in [7, 11) is -0.776. The van der Waals surface area contributed by atoms with E-state index >= 15 is 0 Å². The van der Waals surface area contributed by atoms with Gasteiger partial charge in [-0.1, -0.05) is 0 Å². The maximum absolute atomic E-state index is 11.8. The lowest BCUT2D eigenvalue weighted by Gasteiger charge is -2.28. The van der Waals surface area contributed by atoms with Crippen LogP contribution in [0.4, 0.5) is 0 Å². The molecule has 0 aliphatic carbocycles. The third kappa shape index (κ3) is 3.01. The highest BCUT2D eigenvalue weighted by molar-refractivity contribution is 7.84. The molecule has 0 aromatic heterocycles. The summed E-state index contributed by atoms with van der Waals surface area (Å²) >= 11 is 0. The first kappa shape index (κ1) is 12.6. The molecule has 1 rings (SSSR count). The molecule has 0 spiro atoms. The van der Waals surface area contributed by atoms with E-state index in [0.717, 1.165) is 6.42 Å². The molecule has 0 saturated carbocycles. The molecule has 88 valence electrons. The maximum atomic E-state index is 11.8. The van der Waals surface area contributed by atoms with E-state index < -0.39 is 10.8 Å². The Hall–Kier alpha value is -0.420. The van der Waals surface area contributed by atoms with Crippen LogP contribution in [0.25, 0.3) is 0 Å². The van der Waals surface area contributed by atoms with Crippen LogP contribution >= 0.6 is 0 Å². The summed E-state index contributed by atoms with van der Waals surface area (Å²) in [4.78, 5) is 13.6. The van der Waals surface area contributed by atoms with Crippen LogP contribution in [0.2, 0.25) is 0 Å². The van der Waals surface area contributed by atoms with Gasteiger partial charge in [-0.05, 0) is 27.2 Å². The largest absolute Gasteiger partial charge is 0.323 e. The highest BCUT2D eigenvalue weighted by Gasteiger charge is 2.35. The lowest BCUT2D eigenvalue weighted by Crippen LogP contribution is -2.42. The van der Waals surface area contributed by atoms with Crippen molar-refractivity contribution >= 4 is 16.7 Å². The van der Waals surface area contributed by atoms with Gasteiger partial charge in [0.1, 0.15) is 0 Å². The summed E-state index contributed by atoms with van der Waals surface area (Å²) in [5.41, 5.74) is 0. The van der Waals surface area contributed by atoms with Crippen LogP contribution in [0, 0.1) is 0 Å². The molecule has 1 amide bonds. The predicted molar refractivity (Wildman–Crippen MR) is 61.9 cm³/mol. The summed E-state index contributed by atoms with van der Waals surface area (Å²) in [6.07, 6.45) is 2.59. The zero-order valence-electron chi connectivity index (χ0n) is 9.82. The van der Waals surface area contributed by atoms with Gasteiger partial charge in [0.05, 0.1) is 12.2 Å². The van der Waals surface area contributed by atoms with Crippen molar-refractivity contribution in [1.29, 1.82) is 0 Å². The van der Waals surface area contributed by atoms with Crippen LogP contribution < -0.4 is 5.32 Å². The third-order valence-electron chi connectivity index (χ3n) is 2.83. The fourth-order valence-corrected chi connectivity index (χ4v) is 2.68. The topological polar surface area (TPSA) is 49.4 Å². The Morgan fingerprint density at radius 1 is 1.53 bits per heavy atom. The van der Waals surface area contributed by atoms with Crippen LogP contribution in [0.1, 0.15) is 27.2 Å². The number of nitrogens with one attached hydrogen (secondary N) is 1. The second kappa shape index (κ2) is 5.07. The van der Waals surface area contributed by atoms with Crippen molar-refractivity contribution in [3.63, 3.8) is 0 Å². The first-order valence-corrected chi connectivity index (χ1v) is 7.04. The average Bonchev–Trinajstić information content (AvgIpc) is 2.37. The van der Waals surface area contributed by atoms with E-state index in [2.05, 4.69) is 5.32 Å². The van der Waals surface area contributed by atoms with Crippen LogP contribution in [0.15, 0.2) is 0 Å². The van der Waals surface area contributed by atoms with Crippen LogP contribution in [0.3, 0.4) is 0 Å². The van der Waals surface area contributed by atoms with E-state index in [4.69, 9.17) is 0 Å². The van der Waals surface area contributed by atoms with Crippen molar-refractivity contribution in [2.24, 2.45) is 0 Å². The van der Waals surface area contributed by atoms with Crippen LogP contribution in [0.5, 0.6) is 0 Å². The molecule has 1 fully saturated rings. The van der Waals surface area contributed by atoms with Gasteiger partial charge < -0.3 is 4.90 Å². The maximum Gasteiger partial charge on any atom is 0.240 e. The molecule has 1 aliphatic rings. The third-order valence-corrected chi connectivity index (χ3v) is 3.64. The molecule has 4 unspecified atom stereocenters. The summed E-state index contributed by atoms with van der Waals surface area (Å²) in [6.45, 7) is 5.88. The Labute approximate surface area is 93.9 Å². The molecule has 4 atom stereocenters. The SMILES string of the molecule is CC1NC(C)N(C(C)CCS(C)=O)C1=O. The van der Waals surface area contributed by atoms with E-state index in [9.17, 15) is 9.00 Å². The van der Waals surface area contributed by atoms with Crippen LogP contribution in [-0.4, -0.2) is 45.3 Å². The molecule has 15 heavy (non-hydrogen) atoms. The van der Waals surface area contributed by atoms with Crippen molar-refractivity contribution in [1.82, 2.24) is 10.2 Å². The molecular formula is C10H20N2O2S. The van der Waals surface area contributed by atoms with E-state index in [-0.39, 0.29) is 24.2 Å². The van der Waals surface area contributed by atoms with Gasteiger partial charge in [-0.15, -0.1) is 0 Å². The quantitative estimate of drug-likeness (QED) is 0.759. The number of carbonyl (C=O) groups is 1. The average molecular weight is 232 g/mol.